The molecule has 0 fully saturated rings. The molecule has 0 aliphatic rings. The van der Waals surface area contributed by atoms with E-state index in [0.717, 1.165) is 0 Å². The van der Waals surface area contributed by atoms with Gasteiger partial charge in [0, 0.05) is 0 Å². The lowest BCUT2D eigenvalue weighted by Gasteiger charge is -2.01. The van der Waals surface area contributed by atoms with Gasteiger partial charge < -0.3 is 9.90 Å². The van der Waals surface area contributed by atoms with Crippen LogP contribution >= 0.6 is 0 Å². The second-order valence-corrected chi connectivity index (χ2v) is 7.15. The van der Waals surface area contributed by atoms with Crippen LogP contribution in [0.3, 0.4) is 0 Å². The summed E-state index contributed by atoms with van der Waals surface area (Å²) < 4.78 is 4.39. The third-order valence-electron chi connectivity index (χ3n) is 4.60. The minimum atomic E-state index is -1.13. The number of aromatic nitrogens is 2. The molecule has 0 radical (unpaired) electrons. The highest BCUT2D eigenvalue weighted by atomic mass is 16.4. The Labute approximate surface area is 164 Å². The standard InChI is InChI=1S/C16H31N2.C7H6O2/c1-3-4-5-6-7-8-9-10-11-12-13-18-15-14-17(2)16-18;8-7(9)6-4-2-1-3-5-6/h14-16H,3-13H2,1-2H3;1-5H,(H,8,9)/q+1;/p-1. The van der Waals surface area contributed by atoms with E-state index in [4.69, 9.17) is 0 Å². The molecule has 0 atom stereocenters. The topological polar surface area (TPSA) is 48.9 Å². The predicted octanol–water partition coefficient (Wildman–Crippen LogP) is 4.28. The molecule has 0 aliphatic heterocycles. The largest absolute Gasteiger partial charge is 0.545 e. The molecule has 0 aliphatic carbocycles. The molecule has 1 aromatic heterocycles. The molecule has 0 saturated heterocycles. The number of unbranched alkanes of at least 4 members (excludes halogenated alkanes) is 9. The lowest BCUT2D eigenvalue weighted by atomic mass is 10.1. The highest BCUT2D eigenvalue weighted by Crippen LogP contribution is 2.10. The van der Waals surface area contributed by atoms with Gasteiger partial charge in [0.2, 0.25) is 6.33 Å². The number of aryl methyl sites for hydroxylation is 2. The van der Waals surface area contributed by atoms with Crippen LogP contribution in [0.2, 0.25) is 0 Å². The number of carboxylic acid groups (broad SMARTS) is 1. The van der Waals surface area contributed by atoms with Gasteiger partial charge in [-0.05, 0) is 18.4 Å². The fourth-order valence-corrected chi connectivity index (χ4v) is 2.99. The van der Waals surface area contributed by atoms with E-state index in [2.05, 4.69) is 41.8 Å². The Morgan fingerprint density at radius 1 is 0.926 bits per heavy atom. The molecule has 27 heavy (non-hydrogen) atoms. The molecule has 0 unspecified atom stereocenters. The molecule has 0 N–H and O–H groups in total. The Morgan fingerprint density at radius 3 is 1.93 bits per heavy atom. The summed E-state index contributed by atoms with van der Waals surface area (Å²) in [6.07, 6.45) is 20.6. The Kier molecular flexibility index (Phi) is 12.7. The number of rotatable bonds is 12. The van der Waals surface area contributed by atoms with E-state index in [9.17, 15) is 9.90 Å². The van der Waals surface area contributed by atoms with Crippen LogP contribution in [-0.4, -0.2) is 10.5 Å². The summed E-state index contributed by atoms with van der Waals surface area (Å²) in [7, 11) is 2.08. The Morgan fingerprint density at radius 2 is 1.48 bits per heavy atom. The quantitative estimate of drug-likeness (QED) is 0.412. The molecule has 4 nitrogen and oxygen atoms in total. The number of aromatic carboxylic acids is 1. The zero-order valence-corrected chi connectivity index (χ0v) is 17.1. The zero-order chi connectivity index (χ0) is 19.7. The molecule has 2 rings (SSSR count). The van der Waals surface area contributed by atoms with Gasteiger partial charge in [-0.1, -0.05) is 88.6 Å². The summed E-state index contributed by atoms with van der Waals surface area (Å²) in [5, 5.41) is 10.1. The van der Waals surface area contributed by atoms with Gasteiger partial charge in [0.05, 0.1) is 19.6 Å². The van der Waals surface area contributed by atoms with Crippen LogP contribution in [0.25, 0.3) is 0 Å². The number of nitrogens with zero attached hydrogens (tertiary/aromatic N) is 2. The number of hydrogen-bond donors (Lipinski definition) is 0. The highest BCUT2D eigenvalue weighted by molar-refractivity contribution is 5.85. The van der Waals surface area contributed by atoms with Crippen LogP contribution in [0.4, 0.5) is 0 Å². The Bertz CT molecular complexity index is 608. The Balaban J connectivity index is 0.000000337. The van der Waals surface area contributed by atoms with Crippen LogP contribution in [-0.2, 0) is 13.6 Å². The van der Waals surface area contributed by atoms with Crippen LogP contribution in [0.1, 0.15) is 81.5 Å². The maximum Gasteiger partial charge on any atom is 0.243 e. The SMILES string of the molecule is CCCCCCCCCCCC[n+]1ccn(C)c1.O=C([O-])c1ccccc1. The first kappa shape index (κ1) is 22.9. The maximum atomic E-state index is 10.1. The third-order valence-corrected chi connectivity index (χ3v) is 4.60. The summed E-state index contributed by atoms with van der Waals surface area (Å²) in [6.45, 7) is 3.46. The van der Waals surface area contributed by atoms with Crippen molar-refractivity contribution in [3.8, 4) is 0 Å². The van der Waals surface area contributed by atoms with Crippen molar-refractivity contribution in [3.63, 3.8) is 0 Å². The van der Waals surface area contributed by atoms with Crippen LogP contribution in [0.15, 0.2) is 49.1 Å². The predicted molar refractivity (Wildman–Crippen MR) is 108 cm³/mol. The lowest BCUT2D eigenvalue weighted by Crippen LogP contribution is -2.30. The smallest absolute Gasteiger partial charge is 0.243 e. The number of hydrogen-bond acceptors (Lipinski definition) is 2. The van der Waals surface area contributed by atoms with Crippen molar-refractivity contribution in [3.05, 3.63) is 54.6 Å². The van der Waals surface area contributed by atoms with Crippen molar-refractivity contribution in [1.82, 2.24) is 4.57 Å². The van der Waals surface area contributed by atoms with Gasteiger partial charge in [-0.2, -0.15) is 0 Å². The molecule has 0 spiro atoms. The van der Waals surface area contributed by atoms with Crippen molar-refractivity contribution in [2.75, 3.05) is 0 Å². The second-order valence-electron chi connectivity index (χ2n) is 7.15. The summed E-state index contributed by atoms with van der Waals surface area (Å²) in [5.41, 5.74) is 0.220. The first-order valence-corrected chi connectivity index (χ1v) is 10.4. The number of benzene rings is 1. The van der Waals surface area contributed by atoms with Gasteiger partial charge in [0.25, 0.3) is 0 Å². The van der Waals surface area contributed by atoms with Crippen LogP contribution in [0.5, 0.6) is 0 Å². The van der Waals surface area contributed by atoms with Crippen molar-refractivity contribution in [2.45, 2.75) is 77.7 Å². The average molecular weight is 373 g/mol. The number of carbonyl (C=O) groups excluding carboxylic acids is 1. The lowest BCUT2D eigenvalue weighted by molar-refractivity contribution is -0.696. The minimum Gasteiger partial charge on any atom is -0.545 e. The fourth-order valence-electron chi connectivity index (χ4n) is 2.99. The minimum absolute atomic E-state index is 0.220. The van der Waals surface area contributed by atoms with Crippen molar-refractivity contribution >= 4 is 5.97 Å². The van der Waals surface area contributed by atoms with E-state index in [0.29, 0.717) is 0 Å². The van der Waals surface area contributed by atoms with E-state index >= 15 is 0 Å². The van der Waals surface area contributed by atoms with Gasteiger partial charge in [-0.3, -0.25) is 0 Å². The van der Waals surface area contributed by atoms with E-state index in [1.807, 2.05) is 0 Å². The maximum absolute atomic E-state index is 10.1. The third kappa shape index (κ3) is 12.0. The molecule has 0 amide bonds. The summed E-state index contributed by atoms with van der Waals surface area (Å²) in [6, 6.07) is 8.06. The Hall–Kier alpha value is -2.10. The highest BCUT2D eigenvalue weighted by Gasteiger charge is 1.99. The van der Waals surface area contributed by atoms with E-state index in [1.54, 1.807) is 18.2 Å². The molecule has 2 aromatic rings. The van der Waals surface area contributed by atoms with Gasteiger partial charge >= 0.3 is 0 Å². The van der Waals surface area contributed by atoms with Crippen molar-refractivity contribution in [1.29, 1.82) is 0 Å². The molecular formula is C23H36N2O2. The zero-order valence-electron chi connectivity index (χ0n) is 17.1. The van der Waals surface area contributed by atoms with Crippen LogP contribution < -0.4 is 9.67 Å². The first-order valence-electron chi connectivity index (χ1n) is 10.4. The molecular weight excluding hydrogens is 336 g/mol. The van der Waals surface area contributed by atoms with Gasteiger partial charge in [-0.15, -0.1) is 0 Å². The van der Waals surface area contributed by atoms with Gasteiger partial charge in [0.15, 0.2) is 0 Å². The van der Waals surface area contributed by atoms with Crippen molar-refractivity contribution < 1.29 is 14.5 Å². The van der Waals surface area contributed by atoms with Crippen molar-refractivity contribution in [2.24, 2.45) is 7.05 Å². The van der Waals surface area contributed by atoms with Crippen LogP contribution in [0, 0.1) is 0 Å². The average Bonchev–Trinajstić information content (AvgIpc) is 3.09. The number of carbonyl (C=O) groups is 1. The molecule has 1 aromatic carbocycles. The molecule has 0 bridgehead atoms. The first-order chi connectivity index (χ1) is 13.1. The fraction of sp³-hybridized carbons (Fsp3) is 0.565. The van der Waals surface area contributed by atoms with Gasteiger partial charge in [0.1, 0.15) is 12.4 Å². The normalized spacial score (nSPS) is 10.3. The van der Waals surface area contributed by atoms with E-state index < -0.39 is 5.97 Å². The number of carboxylic acids is 1. The summed E-state index contributed by atoms with van der Waals surface area (Å²) >= 11 is 0. The van der Waals surface area contributed by atoms with Gasteiger partial charge in [-0.25, -0.2) is 9.13 Å². The molecule has 0 saturated carbocycles. The van der Waals surface area contributed by atoms with E-state index in [1.165, 1.54) is 82.9 Å². The molecule has 1 heterocycles. The van der Waals surface area contributed by atoms with E-state index in [-0.39, 0.29) is 5.56 Å². The number of imidazole rings is 1. The second kappa shape index (κ2) is 15.0. The molecule has 4 heteroatoms. The monoisotopic (exact) mass is 372 g/mol. The summed E-state index contributed by atoms with van der Waals surface area (Å²) in [5.74, 6) is -1.13. The molecule has 150 valence electrons. The summed E-state index contributed by atoms with van der Waals surface area (Å²) in [4.78, 5) is 10.1.